The maximum atomic E-state index is 11.2. The van der Waals surface area contributed by atoms with Gasteiger partial charge in [-0.25, -0.2) is 0 Å². The van der Waals surface area contributed by atoms with Crippen molar-refractivity contribution < 1.29 is 4.79 Å². The maximum Gasteiger partial charge on any atom is 0.219 e. The lowest BCUT2D eigenvalue weighted by molar-refractivity contribution is -0.130. The van der Waals surface area contributed by atoms with E-state index in [1.54, 1.807) is 6.92 Å². The Bertz CT molecular complexity index is 182. The second-order valence-electron chi connectivity index (χ2n) is 4.11. The van der Waals surface area contributed by atoms with E-state index in [1.165, 1.54) is 25.7 Å². The van der Waals surface area contributed by atoms with E-state index in [0.717, 1.165) is 19.6 Å². The van der Waals surface area contributed by atoms with Crippen LogP contribution in [-0.4, -0.2) is 36.5 Å². The molecule has 1 saturated heterocycles. The van der Waals surface area contributed by atoms with Gasteiger partial charge in [0, 0.05) is 32.6 Å². The second kappa shape index (κ2) is 6.02. The van der Waals surface area contributed by atoms with Gasteiger partial charge in [-0.05, 0) is 6.42 Å². The minimum atomic E-state index is 0.215. The number of piperazine rings is 1. The van der Waals surface area contributed by atoms with Crippen LogP contribution in [0.5, 0.6) is 0 Å². The minimum Gasteiger partial charge on any atom is -0.340 e. The highest BCUT2D eigenvalue weighted by Crippen LogP contribution is 2.08. The van der Waals surface area contributed by atoms with Crippen molar-refractivity contribution in [2.24, 2.45) is 0 Å². The number of hydrogen-bond acceptors (Lipinski definition) is 2. The molecule has 1 rings (SSSR count). The number of carbonyl (C=O) groups excluding carboxylic acids is 1. The van der Waals surface area contributed by atoms with Crippen LogP contribution < -0.4 is 5.32 Å². The van der Waals surface area contributed by atoms with Gasteiger partial charge < -0.3 is 10.2 Å². The van der Waals surface area contributed by atoms with Crippen LogP contribution >= 0.6 is 0 Å². The number of nitrogens with zero attached hydrogens (tertiary/aromatic N) is 1. The first kappa shape index (κ1) is 11.5. The van der Waals surface area contributed by atoms with Gasteiger partial charge in [-0.3, -0.25) is 4.79 Å². The molecule has 1 fully saturated rings. The van der Waals surface area contributed by atoms with E-state index in [2.05, 4.69) is 12.2 Å². The summed E-state index contributed by atoms with van der Waals surface area (Å²) in [7, 11) is 0. The van der Waals surface area contributed by atoms with Gasteiger partial charge in [-0.15, -0.1) is 0 Å². The SMILES string of the molecule is CCCCC[C@H]1CN(C(C)=O)CCN1. The molecule has 14 heavy (non-hydrogen) atoms. The van der Waals surface area contributed by atoms with Crippen molar-refractivity contribution in [1.82, 2.24) is 10.2 Å². The monoisotopic (exact) mass is 198 g/mol. The summed E-state index contributed by atoms with van der Waals surface area (Å²) in [5.74, 6) is 0.215. The van der Waals surface area contributed by atoms with Gasteiger partial charge in [-0.2, -0.15) is 0 Å². The van der Waals surface area contributed by atoms with Crippen molar-refractivity contribution in [3.8, 4) is 0 Å². The summed E-state index contributed by atoms with van der Waals surface area (Å²) in [6.07, 6.45) is 5.05. The Kier molecular flexibility index (Phi) is 4.94. The van der Waals surface area contributed by atoms with Crippen LogP contribution in [0.3, 0.4) is 0 Å². The van der Waals surface area contributed by atoms with Crippen LogP contribution in [0.2, 0.25) is 0 Å². The number of carbonyl (C=O) groups is 1. The average molecular weight is 198 g/mol. The molecular formula is C11H22N2O. The fraction of sp³-hybridized carbons (Fsp3) is 0.909. The standard InChI is InChI=1S/C11H22N2O/c1-3-4-5-6-11-9-13(10(2)14)8-7-12-11/h11-12H,3-9H2,1-2H3/t11-/m0/s1. The van der Waals surface area contributed by atoms with Crippen molar-refractivity contribution in [1.29, 1.82) is 0 Å². The lowest BCUT2D eigenvalue weighted by Gasteiger charge is -2.33. The molecule has 0 bridgehead atoms. The molecule has 0 radical (unpaired) electrons. The molecule has 0 unspecified atom stereocenters. The normalized spacial score (nSPS) is 22.4. The number of rotatable bonds is 4. The number of amides is 1. The van der Waals surface area contributed by atoms with E-state index in [9.17, 15) is 4.79 Å². The van der Waals surface area contributed by atoms with E-state index in [4.69, 9.17) is 0 Å². The van der Waals surface area contributed by atoms with Crippen molar-refractivity contribution in [3.05, 3.63) is 0 Å². The Balaban J connectivity index is 2.22. The zero-order valence-electron chi connectivity index (χ0n) is 9.38. The zero-order valence-corrected chi connectivity index (χ0v) is 9.38. The average Bonchev–Trinajstić information content (AvgIpc) is 2.19. The first-order valence-electron chi connectivity index (χ1n) is 5.73. The topological polar surface area (TPSA) is 32.3 Å². The summed E-state index contributed by atoms with van der Waals surface area (Å²) in [6, 6.07) is 0.527. The minimum absolute atomic E-state index is 0.215. The maximum absolute atomic E-state index is 11.2. The molecule has 0 aliphatic carbocycles. The van der Waals surface area contributed by atoms with Gasteiger partial charge in [0.2, 0.25) is 5.91 Å². The molecule has 0 aromatic rings. The van der Waals surface area contributed by atoms with Crippen LogP contribution in [0.15, 0.2) is 0 Å². The molecule has 0 saturated carbocycles. The second-order valence-corrected chi connectivity index (χ2v) is 4.11. The predicted molar refractivity (Wildman–Crippen MR) is 58.2 cm³/mol. The lowest BCUT2D eigenvalue weighted by atomic mass is 10.1. The van der Waals surface area contributed by atoms with Crippen molar-refractivity contribution in [2.75, 3.05) is 19.6 Å². The van der Waals surface area contributed by atoms with E-state index >= 15 is 0 Å². The van der Waals surface area contributed by atoms with E-state index in [1.807, 2.05) is 4.90 Å². The third kappa shape index (κ3) is 3.66. The predicted octanol–water partition coefficient (Wildman–Crippen LogP) is 1.39. The molecule has 0 aromatic heterocycles. The molecule has 82 valence electrons. The number of unbranched alkanes of at least 4 members (excludes halogenated alkanes) is 2. The Morgan fingerprint density at radius 1 is 1.50 bits per heavy atom. The van der Waals surface area contributed by atoms with Gasteiger partial charge in [0.15, 0.2) is 0 Å². The summed E-state index contributed by atoms with van der Waals surface area (Å²) >= 11 is 0. The third-order valence-electron chi connectivity index (χ3n) is 2.86. The largest absolute Gasteiger partial charge is 0.340 e. The summed E-state index contributed by atoms with van der Waals surface area (Å²) < 4.78 is 0. The Labute approximate surface area is 86.9 Å². The Morgan fingerprint density at radius 3 is 2.93 bits per heavy atom. The highest BCUT2D eigenvalue weighted by Gasteiger charge is 2.19. The summed E-state index contributed by atoms with van der Waals surface area (Å²) in [6.45, 7) is 6.61. The van der Waals surface area contributed by atoms with Crippen LogP contribution in [0.4, 0.5) is 0 Å². The van der Waals surface area contributed by atoms with Crippen molar-refractivity contribution >= 4 is 5.91 Å². The molecule has 1 aliphatic rings. The molecule has 1 heterocycles. The molecule has 1 amide bonds. The van der Waals surface area contributed by atoms with E-state index in [-0.39, 0.29) is 5.91 Å². The Morgan fingerprint density at radius 2 is 2.29 bits per heavy atom. The lowest BCUT2D eigenvalue weighted by Crippen LogP contribution is -2.51. The van der Waals surface area contributed by atoms with Crippen molar-refractivity contribution in [2.45, 2.75) is 45.6 Å². The fourth-order valence-electron chi connectivity index (χ4n) is 1.95. The van der Waals surface area contributed by atoms with Crippen LogP contribution in [0.1, 0.15) is 39.5 Å². The van der Waals surface area contributed by atoms with Gasteiger partial charge in [0.1, 0.15) is 0 Å². The number of hydrogen-bond donors (Lipinski definition) is 1. The highest BCUT2D eigenvalue weighted by atomic mass is 16.2. The summed E-state index contributed by atoms with van der Waals surface area (Å²) in [4.78, 5) is 13.1. The fourth-order valence-corrected chi connectivity index (χ4v) is 1.95. The van der Waals surface area contributed by atoms with Gasteiger partial charge in [0.05, 0.1) is 0 Å². The number of nitrogens with one attached hydrogen (secondary N) is 1. The quantitative estimate of drug-likeness (QED) is 0.692. The summed E-state index contributed by atoms with van der Waals surface area (Å²) in [5.41, 5.74) is 0. The molecule has 3 heteroatoms. The first-order chi connectivity index (χ1) is 6.74. The van der Waals surface area contributed by atoms with Crippen LogP contribution in [0.25, 0.3) is 0 Å². The molecule has 1 atom stereocenters. The third-order valence-corrected chi connectivity index (χ3v) is 2.86. The molecule has 0 spiro atoms. The van der Waals surface area contributed by atoms with Gasteiger partial charge in [-0.1, -0.05) is 26.2 Å². The summed E-state index contributed by atoms with van der Waals surface area (Å²) in [5, 5.41) is 3.47. The molecular weight excluding hydrogens is 176 g/mol. The smallest absolute Gasteiger partial charge is 0.219 e. The van der Waals surface area contributed by atoms with Crippen LogP contribution in [0, 0.1) is 0 Å². The first-order valence-corrected chi connectivity index (χ1v) is 5.73. The zero-order chi connectivity index (χ0) is 10.4. The van der Waals surface area contributed by atoms with E-state index in [0.29, 0.717) is 6.04 Å². The van der Waals surface area contributed by atoms with Gasteiger partial charge >= 0.3 is 0 Å². The highest BCUT2D eigenvalue weighted by molar-refractivity contribution is 5.73. The molecule has 0 aromatic carbocycles. The Hall–Kier alpha value is -0.570. The van der Waals surface area contributed by atoms with Gasteiger partial charge in [0.25, 0.3) is 0 Å². The molecule has 1 aliphatic heterocycles. The molecule has 3 nitrogen and oxygen atoms in total. The van der Waals surface area contributed by atoms with Crippen LogP contribution in [-0.2, 0) is 4.79 Å². The van der Waals surface area contributed by atoms with Crippen molar-refractivity contribution in [3.63, 3.8) is 0 Å². The van der Waals surface area contributed by atoms with E-state index < -0.39 is 0 Å². The molecule has 1 N–H and O–H groups in total.